The van der Waals surface area contributed by atoms with Crippen LogP contribution in [0, 0.1) is 5.92 Å². The SMILES string of the molecule is CC(C)CC=CCCO. The molecule has 0 saturated heterocycles. The molecule has 0 atom stereocenters. The summed E-state index contributed by atoms with van der Waals surface area (Å²) >= 11 is 0. The van der Waals surface area contributed by atoms with E-state index in [-0.39, 0.29) is 6.61 Å². The molecule has 0 rings (SSSR count). The highest BCUT2D eigenvalue weighted by Crippen LogP contribution is 1.99. The van der Waals surface area contributed by atoms with E-state index < -0.39 is 0 Å². The van der Waals surface area contributed by atoms with Gasteiger partial charge in [-0.1, -0.05) is 26.0 Å². The van der Waals surface area contributed by atoms with Gasteiger partial charge < -0.3 is 5.11 Å². The Morgan fingerprint density at radius 1 is 1.33 bits per heavy atom. The normalized spacial score (nSPS) is 11.6. The highest BCUT2D eigenvalue weighted by Gasteiger charge is 1.85. The van der Waals surface area contributed by atoms with E-state index in [4.69, 9.17) is 5.11 Å². The standard InChI is InChI=1S/C8H16O/c1-8(2)6-4-3-5-7-9/h3-4,8-9H,5-7H2,1-2H3. The van der Waals surface area contributed by atoms with E-state index in [1.54, 1.807) is 0 Å². The average molecular weight is 128 g/mol. The van der Waals surface area contributed by atoms with Gasteiger partial charge in [0.05, 0.1) is 0 Å². The summed E-state index contributed by atoms with van der Waals surface area (Å²) in [7, 11) is 0. The van der Waals surface area contributed by atoms with Crippen LogP contribution in [-0.2, 0) is 0 Å². The van der Waals surface area contributed by atoms with Crippen molar-refractivity contribution in [2.45, 2.75) is 26.7 Å². The molecule has 0 aliphatic rings. The van der Waals surface area contributed by atoms with Crippen molar-refractivity contribution in [2.24, 2.45) is 5.92 Å². The second-order valence-corrected chi connectivity index (χ2v) is 2.61. The van der Waals surface area contributed by atoms with Crippen LogP contribution in [-0.4, -0.2) is 11.7 Å². The summed E-state index contributed by atoms with van der Waals surface area (Å²) in [6.07, 6.45) is 6.08. The van der Waals surface area contributed by atoms with Crippen LogP contribution in [0.5, 0.6) is 0 Å². The fourth-order valence-corrected chi connectivity index (χ4v) is 0.561. The third kappa shape index (κ3) is 7.70. The number of hydrogen-bond acceptors (Lipinski definition) is 1. The molecule has 0 spiro atoms. The van der Waals surface area contributed by atoms with E-state index in [2.05, 4.69) is 19.9 Å². The van der Waals surface area contributed by atoms with Crippen LogP contribution in [0.3, 0.4) is 0 Å². The smallest absolute Gasteiger partial charge is 0.0465 e. The first kappa shape index (κ1) is 8.70. The highest BCUT2D eigenvalue weighted by molar-refractivity contribution is 4.81. The molecule has 0 heterocycles. The molecule has 1 heteroatoms. The number of hydrogen-bond donors (Lipinski definition) is 1. The molecule has 0 amide bonds. The third-order valence-corrected chi connectivity index (χ3v) is 1.07. The van der Waals surface area contributed by atoms with Crippen molar-refractivity contribution in [2.75, 3.05) is 6.61 Å². The molecule has 0 saturated carbocycles. The lowest BCUT2D eigenvalue weighted by Crippen LogP contribution is -1.82. The lowest BCUT2D eigenvalue weighted by molar-refractivity contribution is 0.302. The third-order valence-electron chi connectivity index (χ3n) is 1.07. The zero-order valence-electron chi connectivity index (χ0n) is 6.30. The Balaban J connectivity index is 3.04. The maximum Gasteiger partial charge on any atom is 0.0465 e. The quantitative estimate of drug-likeness (QED) is 0.574. The summed E-state index contributed by atoms with van der Waals surface area (Å²) in [5.41, 5.74) is 0. The van der Waals surface area contributed by atoms with Crippen molar-refractivity contribution < 1.29 is 5.11 Å². The Kier molecular flexibility index (Phi) is 5.64. The van der Waals surface area contributed by atoms with Crippen LogP contribution >= 0.6 is 0 Å². The largest absolute Gasteiger partial charge is 0.396 e. The summed E-state index contributed by atoms with van der Waals surface area (Å²) in [6.45, 7) is 4.64. The molecule has 0 radical (unpaired) electrons. The van der Waals surface area contributed by atoms with Gasteiger partial charge in [-0.15, -0.1) is 0 Å². The Labute approximate surface area is 57.4 Å². The molecule has 0 bridgehead atoms. The molecule has 1 N–H and O–H groups in total. The van der Waals surface area contributed by atoms with Crippen LogP contribution in [0.4, 0.5) is 0 Å². The number of aliphatic hydroxyl groups excluding tert-OH is 1. The van der Waals surface area contributed by atoms with Gasteiger partial charge in [0.2, 0.25) is 0 Å². The van der Waals surface area contributed by atoms with E-state index in [0.29, 0.717) is 0 Å². The van der Waals surface area contributed by atoms with Gasteiger partial charge in [0, 0.05) is 6.61 Å². The van der Waals surface area contributed by atoms with Crippen molar-refractivity contribution >= 4 is 0 Å². The molecular weight excluding hydrogens is 112 g/mol. The van der Waals surface area contributed by atoms with Gasteiger partial charge >= 0.3 is 0 Å². The van der Waals surface area contributed by atoms with Gasteiger partial charge in [-0.2, -0.15) is 0 Å². The number of allylic oxidation sites excluding steroid dienone is 1. The van der Waals surface area contributed by atoms with Gasteiger partial charge in [0.1, 0.15) is 0 Å². The predicted molar refractivity (Wildman–Crippen MR) is 40.3 cm³/mol. The topological polar surface area (TPSA) is 20.2 Å². The molecule has 9 heavy (non-hydrogen) atoms. The monoisotopic (exact) mass is 128 g/mol. The van der Waals surface area contributed by atoms with Crippen LogP contribution in [0.25, 0.3) is 0 Å². The Hall–Kier alpha value is -0.300. The molecule has 0 unspecified atom stereocenters. The first-order valence-electron chi connectivity index (χ1n) is 3.53. The van der Waals surface area contributed by atoms with E-state index in [1.807, 2.05) is 6.08 Å². The van der Waals surface area contributed by atoms with Crippen LogP contribution in [0.1, 0.15) is 26.7 Å². The number of rotatable bonds is 4. The fourth-order valence-electron chi connectivity index (χ4n) is 0.561. The van der Waals surface area contributed by atoms with Gasteiger partial charge in [-0.25, -0.2) is 0 Å². The van der Waals surface area contributed by atoms with Crippen LogP contribution in [0.2, 0.25) is 0 Å². The van der Waals surface area contributed by atoms with Gasteiger partial charge in [-0.05, 0) is 18.8 Å². The van der Waals surface area contributed by atoms with E-state index >= 15 is 0 Å². The highest BCUT2D eigenvalue weighted by atomic mass is 16.2. The van der Waals surface area contributed by atoms with Crippen LogP contribution < -0.4 is 0 Å². The van der Waals surface area contributed by atoms with Gasteiger partial charge in [-0.3, -0.25) is 0 Å². The summed E-state index contributed by atoms with van der Waals surface area (Å²) in [5, 5.41) is 8.38. The predicted octanol–water partition coefficient (Wildman–Crippen LogP) is 1.97. The summed E-state index contributed by atoms with van der Waals surface area (Å²) in [6, 6.07) is 0. The average Bonchev–Trinajstić information content (AvgIpc) is 1.80. The van der Waals surface area contributed by atoms with Crippen molar-refractivity contribution in [3.63, 3.8) is 0 Å². The molecule has 54 valence electrons. The molecule has 0 aromatic carbocycles. The Morgan fingerprint density at radius 3 is 2.44 bits per heavy atom. The second kappa shape index (κ2) is 5.83. The molecule has 0 aliphatic heterocycles. The molecule has 0 aromatic heterocycles. The van der Waals surface area contributed by atoms with Crippen LogP contribution in [0.15, 0.2) is 12.2 Å². The maximum atomic E-state index is 8.38. The van der Waals surface area contributed by atoms with Gasteiger partial charge in [0.15, 0.2) is 0 Å². The van der Waals surface area contributed by atoms with Crippen molar-refractivity contribution in [1.29, 1.82) is 0 Å². The lowest BCUT2D eigenvalue weighted by Gasteiger charge is -1.95. The van der Waals surface area contributed by atoms with E-state index in [0.717, 1.165) is 18.8 Å². The first-order valence-corrected chi connectivity index (χ1v) is 3.53. The fraction of sp³-hybridized carbons (Fsp3) is 0.750. The molecular formula is C8H16O. The zero-order chi connectivity index (χ0) is 7.11. The second-order valence-electron chi connectivity index (χ2n) is 2.61. The maximum absolute atomic E-state index is 8.38. The molecule has 0 fully saturated rings. The summed E-state index contributed by atoms with van der Waals surface area (Å²) < 4.78 is 0. The Bertz CT molecular complexity index is 74.6. The minimum atomic E-state index is 0.272. The molecule has 0 aliphatic carbocycles. The van der Waals surface area contributed by atoms with Crippen molar-refractivity contribution in [1.82, 2.24) is 0 Å². The summed E-state index contributed by atoms with van der Waals surface area (Å²) in [5.74, 6) is 0.736. The zero-order valence-corrected chi connectivity index (χ0v) is 6.30. The van der Waals surface area contributed by atoms with Gasteiger partial charge in [0.25, 0.3) is 0 Å². The summed E-state index contributed by atoms with van der Waals surface area (Å²) in [4.78, 5) is 0. The van der Waals surface area contributed by atoms with Crippen molar-refractivity contribution in [3.05, 3.63) is 12.2 Å². The van der Waals surface area contributed by atoms with Crippen molar-refractivity contribution in [3.8, 4) is 0 Å². The number of aliphatic hydroxyl groups is 1. The Morgan fingerprint density at radius 2 is 2.00 bits per heavy atom. The minimum absolute atomic E-state index is 0.272. The first-order chi connectivity index (χ1) is 4.27. The van der Waals surface area contributed by atoms with E-state index in [9.17, 15) is 0 Å². The van der Waals surface area contributed by atoms with E-state index in [1.165, 1.54) is 0 Å². The molecule has 1 nitrogen and oxygen atoms in total. The lowest BCUT2D eigenvalue weighted by atomic mass is 10.1. The minimum Gasteiger partial charge on any atom is -0.396 e. The molecule has 0 aromatic rings.